The van der Waals surface area contributed by atoms with Gasteiger partial charge in [0.25, 0.3) is 0 Å². The predicted octanol–water partition coefficient (Wildman–Crippen LogP) is 1.23. The molecule has 0 aliphatic carbocycles. The second-order valence-electron chi connectivity index (χ2n) is 3.08. The maximum absolute atomic E-state index is 5.45. The van der Waals surface area contributed by atoms with Gasteiger partial charge >= 0.3 is 0 Å². The molecule has 0 bridgehead atoms. The standard InChI is InChI=1S/C10H13N3/c11-6-3-4-9-10-5-1-2-7-13(10)8-12-9/h1-2,5,7-8H,3-4,6,11H2. The Morgan fingerprint density at radius 2 is 2.31 bits per heavy atom. The van der Waals surface area contributed by atoms with Crippen LogP contribution >= 0.6 is 0 Å². The Morgan fingerprint density at radius 3 is 3.15 bits per heavy atom. The molecule has 0 fully saturated rings. The van der Waals surface area contributed by atoms with Crippen LogP contribution < -0.4 is 5.73 Å². The molecule has 0 aliphatic rings. The molecular weight excluding hydrogens is 162 g/mol. The van der Waals surface area contributed by atoms with Crippen molar-refractivity contribution in [1.29, 1.82) is 0 Å². The molecule has 0 radical (unpaired) electrons. The number of fused-ring (bicyclic) bond motifs is 1. The first-order valence-corrected chi connectivity index (χ1v) is 4.52. The Morgan fingerprint density at radius 1 is 1.38 bits per heavy atom. The third-order valence-corrected chi connectivity index (χ3v) is 2.14. The normalized spacial score (nSPS) is 10.8. The molecule has 3 heteroatoms. The molecule has 0 atom stereocenters. The summed E-state index contributed by atoms with van der Waals surface area (Å²) in [5.74, 6) is 0. The van der Waals surface area contributed by atoms with E-state index in [4.69, 9.17) is 5.73 Å². The summed E-state index contributed by atoms with van der Waals surface area (Å²) in [7, 11) is 0. The Hall–Kier alpha value is -1.35. The summed E-state index contributed by atoms with van der Waals surface area (Å²) in [4.78, 5) is 4.34. The fourth-order valence-corrected chi connectivity index (χ4v) is 1.46. The molecule has 2 aromatic rings. The van der Waals surface area contributed by atoms with Gasteiger partial charge in [-0.3, -0.25) is 0 Å². The van der Waals surface area contributed by atoms with Gasteiger partial charge in [-0.1, -0.05) is 6.07 Å². The molecule has 0 spiro atoms. The molecule has 0 unspecified atom stereocenters. The van der Waals surface area contributed by atoms with Crippen molar-refractivity contribution in [2.24, 2.45) is 5.73 Å². The van der Waals surface area contributed by atoms with Gasteiger partial charge in [-0.15, -0.1) is 0 Å². The highest BCUT2D eigenvalue weighted by atomic mass is 15.0. The first kappa shape index (κ1) is 8.26. The molecule has 3 nitrogen and oxygen atoms in total. The number of aryl methyl sites for hydroxylation is 1. The van der Waals surface area contributed by atoms with Crippen LogP contribution in [0, 0.1) is 0 Å². The molecule has 0 amide bonds. The second-order valence-corrected chi connectivity index (χ2v) is 3.08. The minimum atomic E-state index is 0.728. The van der Waals surface area contributed by atoms with Crippen LogP contribution in [-0.2, 0) is 6.42 Å². The summed E-state index contributed by atoms with van der Waals surface area (Å²) in [5.41, 5.74) is 7.79. The van der Waals surface area contributed by atoms with Crippen LogP contribution in [0.1, 0.15) is 12.1 Å². The third-order valence-electron chi connectivity index (χ3n) is 2.14. The van der Waals surface area contributed by atoms with Crippen molar-refractivity contribution in [1.82, 2.24) is 9.38 Å². The molecule has 0 aromatic carbocycles. The van der Waals surface area contributed by atoms with Crippen LogP contribution in [0.15, 0.2) is 30.7 Å². The number of rotatable bonds is 3. The lowest BCUT2D eigenvalue weighted by Crippen LogP contribution is -2.00. The number of nitrogens with two attached hydrogens (primary N) is 1. The van der Waals surface area contributed by atoms with Gasteiger partial charge in [-0.05, 0) is 31.5 Å². The van der Waals surface area contributed by atoms with Crippen LogP contribution in [0.25, 0.3) is 5.52 Å². The number of pyridine rings is 1. The Kier molecular flexibility index (Phi) is 2.27. The first-order chi connectivity index (χ1) is 6.42. The van der Waals surface area contributed by atoms with Gasteiger partial charge in [0.1, 0.15) is 0 Å². The van der Waals surface area contributed by atoms with E-state index in [1.165, 1.54) is 5.52 Å². The van der Waals surface area contributed by atoms with Gasteiger partial charge in [0, 0.05) is 6.20 Å². The van der Waals surface area contributed by atoms with Gasteiger partial charge in [0.15, 0.2) is 0 Å². The Bertz CT molecular complexity index is 392. The fraction of sp³-hybridized carbons (Fsp3) is 0.300. The summed E-state index contributed by atoms with van der Waals surface area (Å²) < 4.78 is 2.03. The maximum Gasteiger partial charge on any atom is 0.0995 e. The molecule has 0 saturated carbocycles. The highest BCUT2D eigenvalue weighted by molar-refractivity contribution is 5.51. The molecule has 2 rings (SSSR count). The van der Waals surface area contributed by atoms with Gasteiger partial charge in [-0.25, -0.2) is 4.98 Å². The van der Waals surface area contributed by atoms with E-state index in [9.17, 15) is 0 Å². The molecule has 2 heterocycles. The van der Waals surface area contributed by atoms with Crippen molar-refractivity contribution >= 4 is 5.52 Å². The zero-order chi connectivity index (χ0) is 9.10. The molecule has 0 saturated heterocycles. The first-order valence-electron chi connectivity index (χ1n) is 4.52. The van der Waals surface area contributed by atoms with E-state index >= 15 is 0 Å². The number of hydrogen-bond acceptors (Lipinski definition) is 2. The lowest BCUT2D eigenvalue weighted by atomic mass is 10.2. The van der Waals surface area contributed by atoms with E-state index in [-0.39, 0.29) is 0 Å². The highest BCUT2D eigenvalue weighted by Crippen LogP contribution is 2.10. The van der Waals surface area contributed by atoms with Crippen LogP contribution in [-0.4, -0.2) is 15.9 Å². The lowest BCUT2D eigenvalue weighted by Gasteiger charge is -1.96. The monoisotopic (exact) mass is 175 g/mol. The van der Waals surface area contributed by atoms with Crippen molar-refractivity contribution in [3.63, 3.8) is 0 Å². The van der Waals surface area contributed by atoms with E-state index in [0.717, 1.165) is 25.1 Å². The summed E-state index contributed by atoms with van der Waals surface area (Å²) in [6.07, 6.45) is 5.83. The minimum absolute atomic E-state index is 0.728. The summed E-state index contributed by atoms with van der Waals surface area (Å²) in [6, 6.07) is 6.11. The van der Waals surface area contributed by atoms with Gasteiger partial charge in [0.05, 0.1) is 17.5 Å². The number of aromatic nitrogens is 2. The number of hydrogen-bond donors (Lipinski definition) is 1. The summed E-state index contributed by atoms with van der Waals surface area (Å²) >= 11 is 0. The third kappa shape index (κ3) is 1.55. The largest absolute Gasteiger partial charge is 0.330 e. The average Bonchev–Trinajstić information content (AvgIpc) is 2.58. The van der Waals surface area contributed by atoms with Crippen LogP contribution in [0.4, 0.5) is 0 Å². The molecule has 2 N–H and O–H groups in total. The van der Waals surface area contributed by atoms with Crippen molar-refractivity contribution in [3.05, 3.63) is 36.4 Å². The number of nitrogens with zero attached hydrogens (tertiary/aromatic N) is 2. The molecule has 2 aromatic heterocycles. The quantitative estimate of drug-likeness (QED) is 0.762. The van der Waals surface area contributed by atoms with E-state index in [0.29, 0.717) is 0 Å². The molecule has 68 valence electrons. The zero-order valence-corrected chi connectivity index (χ0v) is 7.48. The highest BCUT2D eigenvalue weighted by Gasteiger charge is 2.01. The summed E-state index contributed by atoms with van der Waals surface area (Å²) in [6.45, 7) is 0.728. The van der Waals surface area contributed by atoms with E-state index in [1.54, 1.807) is 0 Å². The van der Waals surface area contributed by atoms with Crippen molar-refractivity contribution in [2.75, 3.05) is 6.54 Å². The topological polar surface area (TPSA) is 43.3 Å². The maximum atomic E-state index is 5.45. The van der Waals surface area contributed by atoms with Crippen molar-refractivity contribution < 1.29 is 0 Å². The van der Waals surface area contributed by atoms with Crippen LogP contribution in [0.2, 0.25) is 0 Å². The molecule has 0 aliphatic heterocycles. The van der Waals surface area contributed by atoms with Crippen molar-refractivity contribution in [3.8, 4) is 0 Å². The fourth-order valence-electron chi connectivity index (χ4n) is 1.46. The van der Waals surface area contributed by atoms with E-state index < -0.39 is 0 Å². The second kappa shape index (κ2) is 3.58. The Labute approximate surface area is 77.2 Å². The average molecular weight is 175 g/mol. The smallest absolute Gasteiger partial charge is 0.0995 e. The van der Waals surface area contributed by atoms with Crippen molar-refractivity contribution in [2.45, 2.75) is 12.8 Å². The predicted molar refractivity (Wildman–Crippen MR) is 52.6 cm³/mol. The number of imidazole rings is 1. The van der Waals surface area contributed by atoms with E-state index in [1.807, 2.05) is 29.1 Å². The molecule has 13 heavy (non-hydrogen) atoms. The molecular formula is C10H13N3. The minimum Gasteiger partial charge on any atom is -0.330 e. The van der Waals surface area contributed by atoms with Gasteiger partial charge in [-0.2, -0.15) is 0 Å². The van der Waals surface area contributed by atoms with E-state index in [2.05, 4.69) is 11.1 Å². The van der Waals surface area contributed by atoms with Crippen LogP contribution in [0.3, 0.4) is 0 Å². The summed E-state index contributed by atoms with van der Waals surface area (Å²) in [5, 5.41) is 0. The zero-order valence-electron chi connectivity index (χ0n) is 7.48. The van der Waals surface area contributed by atoms with Crippen LogP contribution in [0.5, 0.6) is 0 Å². The lowest BCUT2D eigenvalue weighted by molar-refractivity contribution is 0.820. The van der Waals surface area contributed by atoms with Gasteiger partial charge in [0.2, 0.25) is 0 Å². The van der Waals surface area contributed by atoms with Gasteiger partial charge < -0.3 is 10.1 Å². The SMILES string of the molecule is NCCCc1ncn2ccccc12. The Balaban J connectivity index is 2.35.